The van der Waals surface area contributed by atoms with Crippen LogP contribution >= 0.6 is 24.0 Å². The molecule has 6 nitrogen and oxygen atoms in total. The SMILES string of the molecule is CN=C(NCc1ccccc1-n1ccnc1)NC1CCN(Cc2ccccc2)C(C)C1.I. The Morgan fingerprint density at radius 1 is 1.12 bits per heavy atom. The molecule has 1 aliphatic rings. The minimum Gasteiger partial charge on any atom is -0.354 e. The van der Waals surface area contributed by atoms with Gasteiger partial charge in [-0.05, 0) is 37.0 Å². The van der Waals surface area contributed by atoms with Gasteiger partial charge >= 0.3 is 0 Å². The van der Waals surface area contributed by atoms with Crippen LogP contribution < -0.4 is 10.6 Å². The minimum absolute atomic E-state index is 0. The Morgan fingerprint density at radius 2 is 1.91 bits per heavy atom. The summed E-state index contributed by atoms with van der Waals surface area (Å²) in [5.41, 5.74) is 3.72. The second kappa shape index (κ2) is 12.0. The van der Waals surface area contributed by atoms with E-state index in [1.54, 1.807) is 6.20 Å². The molecule has 2 heterocycles. The number of guanidine groups is 1. The maximum Gasteiger partial charge on any atom is 0.191 e. The van der Waals surface area contributed by atoms with Crippen molar-refractivity contribution in [1.82, 2.24) is 25.1 Å². The molecule has 0 saturated carbocycles. The highest BCUT2D eigenvalue weighted by Crippen LogP contribution is 2.20. The van der Waals surface area contributed by atoms with Gasteiger partial charge in [-0.1, -0.05) is 48.5 Å². The minimum atomic E-state index is 0. The van der Waals surface area contributed by atoms with E-state index in [1.165, 1.54) is 11.1 Å². The van der Waals surface area contributed by atoms with Gasteiger partial charge in [0.1, 0.15) is 0 Å². The van der Waals surface area contributed by atoms with Crippen LogP contribution in [0.25, 0.3) is 5.69 Å². The predicted octanol–water partition coefficient (Wildman–Crippen LogP) is 4.21. The number of halogens is 1. The van der Waals surface area contributed by atoms with Crippen LogP contribution in [0.15, 0.2) is 78.3 Å². The molecule has 4 rings (SSSR count). The fraction of sp³-hybridized carbons (Fsp3) is 0.360. The van der Waals surface area contributed by atoms with Crippen LogP contribution in [0, 0.1) is 0 Å². The Hall–Kier alpha value is -2.39. The van der Waals surface area contributed by atoms with Crippen molar-refractivity contribution in [2.45, 2.75) is 44.9 Å². The van der Waals surface area contributed by atoms with Gasteiger partial charge in [-0.15, -0.1) is 24.0 Å². The van der Waals surface area contributed by atoms with E-state index in [2.05, 4.69) is 87.0 Å². The van der Waals surface area contributed by atoms with Crippen molar-refractivity contribution >= 4 is 29.9 Å². The molecule has 1 fully saturated rings. The Bertz CT molecular complexity index is 973. The van der Waals surface area contributed by atoms with Gasteiger partial charge in [0.15, 0.2) is 5.96 Å². The molecule has 2 N–H and O–H groups in total. The molecule has 0 aliphatic carbocycles. The number of hydrogen-bond donors (Lipinski definition) is 2. The quantitative estimate of drug-likeness (QED) is 0.278. The zero-order valence-electron chi connectivity index (χ0n) is 18.8. The molecule has 0 bridgehead atoms. The first kappa shape index (κ1) is 24.3. The highest BCUT2D eigenvalue weighted by Gasteiger charge is 2.26. The molecule has 1 aromatic heterocycles. The van der Waals surface area contributed by atoms with Crippen molar-refractivity contribution in [1.29, 1.82) is 0 Å². The Morgan fingerprint density at radius 3 is 2.62 bits per heavy atom. The van der Waals surface area contributed by atoms with E-state index >= 15 is 0 Å². The molecule has 32 heavy (non-hydrogen) atoms. The Labute approximate surface area is 208 Å². The van der Waals surface area contributed by atoms with Crippen LogP contribution in [0.4, 0.5) is 0 Å². The summed E-state index contributed by atoms with van der Waals surface area (Å²) in [5, 5.41) is 7.13. The average Bonchev–Trinajstić information content (AvgIpc) is 3.34. The topological polar surface area (TPSA) is 57.5 Å². The first-order valence-electron chi connectivity index (χ1n) is 11.0. The van der Waals surface area contributed by atoms with Gasteiger partial charge in [-0.3, -0.25) is 9.89 Å². The largest absolute Gasteiger partial charge is 0.354 e. The van der Waals surface area contributed by atoms with E-state index in [-0.39, 0.29) is 24.0 Å². The van der Waals surface area contributed by atoms with Crippen molar-refractivity contribution < 1.29 is 0 Å². The third kappa shape index (κ3) is 6.32. The number of piperidine rings is 1. The Balaban J connectivity index is 0.00000289. The number of nitrogens with one attached hydrogen (secondary N) is 2. The smallest absolute Gasteiger partial charge is 0.191 e. The van der Waals surface area contributed by atoms with Crippen molar-refractivity contribution in [2.75, 3.05) is 13.6 Å². The molecular weight excluding hydrogens is 511 g/mol. The first-order valence-corrected chi connectivity index (χ1v) is 11.0. The lowest BCUT2D eigenvalue weighted by Gasteiger charge is -2.38. The van der Waals surface area contributed by atoms with E-state index in [0.29, 0.717) is 18.6 Å². The number of aliphatic imine (C=N–C) groups is 1. The number of benzene rings is 2. The van der Waals surface area contributed by atoms with Crippen molar-refractivity contribution in [3.05, 3.63) is 84.4 Å². The number of nitrogens with zero attached hydrogens (tertiary/aromatic N) is 4. The van der Waals surface area contributed by atoms with Gasteiger partial charge in [0.2, 0.25) is 0 Å². The monoisotopic (exact) mass is 544 g/mol. The van der Waals surface area contributed by atoms with E-state index in [1.807, 2.05) is 24.1 Å². The maximum absolute atomic E-state index is 4.46. The molecule has 1 saturated heterocycles. The second-order valence-electron chi connectivity index (χ2n) is 8.20. The molecule has 2 aromatic carbocycles. The van der Waals surface area contributed by atoms with Crippen LogP contribution in [-0.2, 0) is 13.1 Å². The third-order valence-corrected chi connectivity index (χ3v) is 6.03. The zero-order valence-corrected chi connectivity index (χ0v) is 21.1. The lowest BCUT2D eigenvalue weighted by atomic mass is 9.97. The molecule has 0 radical (unpaired) electrons. The second-order valence-corrected chi connectivity index (χ2v) is 8.20. The highest BCUT2D eigenvalue weighted by atomic mass is 127. The van der Waals surface area contributed by atoms with E-state index in [0.717, 1.165) is 37.6 Å². The fourth-order valence-corrected chi connectivity index (χ4v) is 4.29. The fourth-order valence-electron chi connectivity index (χ4n) is 4.29. The normalized spacial score (nSPS) is 19.2. The van der Waals surface area contributed by atoms with Gasteiger partial charge in [0.05, 0.1) is 12.0 Å². The van der Waals surface area contributed by atoms with Crippen LogP contribution in [-0.4, -0.2) is 46.1 Å². The summed E-state index contributed by atoms with van der Waals surface area (Å²) in [6.45, 7) is 5.14. The van der Waals surface area contributed by atoms with Crippen molar-refractivity contribution in [3.8, 4) is 5.69 Å². The van der Waals surface area contributed by atoms with Crippen molar-refractivity contribution in [2.24, 2.45) is 4.99 Å². The van der Waals surface area contributed by atoms with Crippen LogP contribution in [0.5, 0.6) is 0 Å². The molecule has 2 atom stereocenters. The van der Waals surface area contributed by atoms with Gasteiger partial charge in [0.25, 0.3) is 0 Å². The average molecular weight is 544 g/mol. The highest BCUT2D eigenvalue weighted by molar-refractivity contribution is 14.0. The summed E-state index contributed by atoms with van der Waals surface area (Å²) >= 11 is 0. The van der Waals surface area contributed by atoms with E-state index in [4.69, 9.17) is 0 Å². The molecule has 0 amide bonds. The first-order chi connectivity index (χ1) is 15.2. The number of imidazole rings is 1. The predicted molar refractivity (Wildman–Crippen MR) is 142 cm³/mol. The van der Waals surface area contributed by atoms with Crippen molar-refractivity contribution in [3.63, 3.8) is 0 Å². The number of hydrogen-bond acceptors (Lipinski definition) is 3. The number of likely N-dealkylation sites (tertiary alicyclic amines) is 1. The van der Waals surface area contributed by atoms with Crippen LogP contribution in [0.3, 0.4) is 0 Å². The van der Waals surface area contributed by atoms with E-state index in [9.17, 15) is 0 Å². The number of aromatic nitrogens is 2. The van der Waals surface area contributed by atoms with Crippen LogP contribution in [0.1, 0.15) is 30.9 Å². The summed E-state index contributed by atoms with van der Waals surface area (Å²) < 4.78 is 2.04. The zero-order chi connectivity index (χ0) is 21.5. The number of para-hydroxylation sites is 1. The summed E-state index contributed by atoms with van der Waals surface area (Å²) in [7, 11) is 1.84. The number of rotatable bonds is 6. The standard InChI is InChI=1S/C25H32N6.HI/c1-20-16-23(12-14-30(20)18-21-8-4-3-5-9-21)29-25(26-2)28-17-22-10-6-7-11-24(22)31-15-13-27-19-31;/h3-11,13,15,19-20,23H,12,14,16-18H2,1-2H3,(H2,26,28,29);1H. The van der Waals surface area contributed by atoms with Gasteiger partial charge < -0.3 is 15.2 Å². The molecule has 0 spiro atoms. The maximum atomic E-state index is 4.46. The molecule has 1 aliphatic heterocycles. The molecule has 3 aromatic rings. The summed E-state index contributed by atoms with van der Waals surface area (Å²) in [6, 6.07) is 20.1. The molecule has 2 unspecified atom stereocenters. The third-order valence-electron chi connectivity index (χ3n) is 6.03. The van der Waals surface area contributed by atoms with E-state index < -0.39 is 0 Å². The van der Waals surface area contributed by atoms with Gasteiger partial charge in [-0.25, -0.2) is 4.98 Å². The van der Waals surface area contributed by atoms with Gasteiger partial charge in [0, 0.05) is 51.2 Å². The molecule has 170 valence electrons. The van der Waals surface area contributed by atoms with Gasteiger partial charge in [-0.2, -0.15) is 0 Å². The molecule has 7 heteroatoms. The summed E-state index contributed by atoms with van der Waals surface area (Å²) in [5.74, 6) is 0.856. The Kier molecular flexibility index (Phi) is 9.11. The lowest BCUT2D eigenvalue weighted by molar-refractivity contribution is 0.134. The molecular formula is C25H33IN6. The summed E-state index contributed by atoms with van der Waals surface area (Å²) in [4.78, 5) is 11.2. The summed E-state index contributed by atoms with van der Waals surface area (Å²) in [6.07, 6.45) is 7.83. The lowest BCUT2D eigenvalue weighted by Crippen LogP contribution is -2.51. The van der Waals surface area contributed by atoms with Crippen LogP contribution in [0.2, 0.25) is 0 Å².